The summed E-state index contributed by atoms with van der Waals surface area (Å²) in [6, 6.07) is 37.2. The Kier molecular flexibility index (Phi) is 7.76. The van der Waals surface area contributed by atoms with E-state index < -0.39 is 0 Å². The van der Waals surface area contributed by atoms with E-state index in [4.69, 9.17) is 9.47 Å². The van der Waals surface area contributed by atoms with E-state index in [0.717, 1.165) is 35.5 Å². The molecule has 0 spiro atoms. The van der Waals surface area contributed by atoms with E-state index in [-0.39, 0.29) is 0 Å². The van der Waals surface area contributed by atoms with Gasteiger partial charge >= 0.3 is 0 Å². The number of rotatable bonds is 10. The molecule has 0 aliphatic rings. The summed E-state index contributed by atoms with van der Waals surface area (Å²) in [6.07, 6.45) is 6.04. The van der Waals surface area contributed by atoms with E-state index in [0.29, 0.717) is 13.2 Å². The third-order valence-corrected chi connectivity index (χ3v) is 5.23. The van der Waals surface area contributed by atoms with E-state index in [9.17, 15) is 0 Å². The number of benzene rings is 4. The summed E-state index contributed by atoms with van der Waals surface area (Å²) in [5.74, 6) is 1.80. The second-order valence-electron chi connectivity index (χ2n) is 7.64. The molecule has 0 saturated heterocycles. The van der Waals surface area contributed by atoms with Gasteiger partial charge in [-0.3, -0.25) is 0 Å². The Balaban J connectivity index is 1.22. The summed E-state index contributed by atoms with van der Waals surface area (Å²) in [7, 11) is 0. The van der Waals surface area contributed by atoms with Crippen molar-refractivity contribution in [3.05, 3.63) is 131 Å². The highest BCUT2D eigenvalue weighted by Crippen LogP contribution is 2.17. The minimum atomic E-state index is 0.680. The molecule has 160 valence electrons. The summed E-state index contributed by atoms with van der Waals surface area (Å²) < 4.78 is 11.7. The predicted molar refractivity (Wildman–Crippen MR) is 133 cm³/mol. The molecule has 32 heavy (non-hydrogen) atoms. The Labute approximate surface area is 190 Å². The minimum Gasteiger partial charge on any atom is -0.493 e. The summed E-state index contributed by atoms with van der Waals surface area (Å²) in [4.78, 5) is 0. The first kappa shape index (κ1) is 21.5. The zero-order chi connectivity index (χ0) is 21.8. The average Bonchev–Trinajstić information content (AvgIpc) is 2.86. The fourth-order valence-electron chi connectivity index (χ4n) is 3.41. The van der Waals surface area contributed by atoms with Crippen LogP contribution in [0.15, 0.2) is 109 Å². The zero-order valence-electron chi connectivity index (χ0n) is 18.2. The molecule has 0 aliphatic carbocycles. The summed E-state index contributed by atoms with van der Waals surface area (Å²) >= 11 is 0. The van der Waals surface area contributed by atoms with Gasteiger partial charge in [-0.2, -0.15) is 0 Å². The molecule has 0 aromatic heterocycles. The van der Waals surface area contributed by atoms with E-state index in [1.54, 1.807) is 0 Å². The van der Waals surface area contributed by atoms with Crippen molar-refractivity contribution in [1.29, 1.82) is 0 Å². The quantitative estimate of drug-likeness (QED) is 0.255. The number of hydrogen-bond donors (Lipinski definition) is 0. The van der Waals surface area contributed by atoms with Crippen LogP contribution < -0.4 is 9.47 Å². The van der Waals surface area contributed by atoms with Crippen LogP contribution in [0.2, 0.25) is 0 Å². The number of ether oxygens (including phenoxy) is 2. The Morgan fingerprint density at radius 3 is 1.19 bits per heavy atom. The van der Waals surface area contributed by atoms with Gasteiger partial charge in [-0.05, 0) is 46.5 Å². The molecule has 0 fully saturated rings. The first-order valence-electron chi connectivity index (χ1n) is 11.1. The van der Waals surface area contributed by atoms with Gasteiger partial charge < -0.3 is 9.47 Å². The molecule has 0 heterocycles. The average molecular weight is 421 g/mol. The van der Waals surface area contributed by atoms with E-state index in [1.807, 2.05) is 36.4 Å². The Hall–Kier alpha value is -3.78. The molecular weight excluding hydrogens is 392 g/mol. The van der Waals surface area contributed by atoms with Crippen molar-refractivity contribution in [2.24, 2.45) is 0 Å². The second-order valence-corrected chi connectivity index (χ2v) is 7.64. The van der Waals surface area contributed by atoms with Gasteiger partial charge in [-0.25, -0.2) is 0 Å². The first-order chi connectivity index (χ1) is 15.8. The largest absolute Gasteiger partial charge is 0.493 e. The van der Waals surface area contributed by atoms with Gasteiger partial charge in [-0.1, -0.05) is 97.1 Å². The third-order valence-electron chi connectivity index (χ3n) is 5.23. The van der Waals surface area contributed by atoms with Crippen LogP contribution in [0.4, 0.5) is 0 Å². The standard InChI is InChI=1S/C30H28O2/c1-3-7-25(8-4-1)21-23-31-29-17-13-27(14-18-29)11-12-28-15-19-30(20-16-28)32-24-22-26-9-5-2-6-10-26/h1-20H,21-24H2/b12-11+. The third kappa shape index (κ3) is 6.88. The molecule has 0 N–H and O–H groups in total. The van der Waals surface area contributed by atoms with E-state index in [1.165, 1.54) is 11.1 Å². The van der Waals surface area contributed by atoms with Crippen molar-refractivity contribution < 1.29 is 9.47 Å². The smallest absolute Gasteiger partial charge is 0.119 e. The lowest BCUT2D eigenvalue weighted by Gasteiger charge is -2.07. The molecule has 0 unspecified atom stereocenters. The molecule has 0 atom stereocenters. The molecule has 4 aromatic carbocycles. The van der Waals surface area contributed by atoms with Crippen LogP contribution in [0.5, 0.6) is 11.5 Å². The highest BCUT2D eigenvalue weighted by molar-refractivity contribution is 5.70. The zero-order valence-corrected chi connectivity index (χ0v) is 18.2. The maximum atomic E-state index is 5.86. The van der Waals surface area contributed by atoms with Gasteiger partial charge in [0.15, 0.2) is 0 Å². The Morgan fingerprint density at radius 2 is 0.812 bits per heavy atom. The molecule has 0 saturated carbocycles. The predicted octanol–water partition coefficient (Wildman–Crippen LogP) is 7.10. The topological polar surface area (TPSA) is 18.5 Å². The van der Waals surface area contributed by atoms with Gasteiger partial charge in [0.2, 0.25) is 0 Å². The monoisotopic (exact) mass is 420 g/mol. The van der Waals surface area contributed by atoms with Crippen molar-refractivity contribution in [1.82, 2.24) is 0 Å². The molecule has 4 rings (SSSR count). The van der Waals surface area contributed by atoms with Gasteiger partial charge in [0.05, 0.1) is 13.2 Å². The SMILES string of the molecule is C(=C\c1ccc(OCCc2ccccc2)cc1)/c1ccc(OCCc2ccccc2)cc1. The van der Waals surface area contributed by atoms with Crippen LogP contribution >= 0.6 is 0 Å². The Bertz CT molecular complexity index is 992. The van der Waals surface area contributed by atoms with Gasteiger partial charge in [0.1, 0.15) is 11.5 Å². The summed E-state index contributed by atoms with van der Waals surface area (Å²) in [5.41, 5.74) is 4.87. The minimum absolute atomic E-state index is 0.680. The maximum absolute atomic E-state index is 5.86. The van der Waals surface area contributed by atoms with Crippen LogP contribution in [-0.2, 0) is 12.8 Å². The lowest BCUT2D eigenvalue weighted by Crippen LogP contribution is -2.01. The maximum Gasteiger partial charge on any atom is 0.119 e. The van der Waals surface area contributed by atoms with Crippen molar-refractivity contribution in [2.75, 3.05) is 13.2 Å². The normalized spacial score (nSPS) is 10.9. The molecule has 2 heteroatoms. The highest BCUT2D eigenvalue weighted by atomic mass is 16.5. The molecule has 0 radical (unpaired) electrons. The second kappa shape index (κ2) is 11.6. The first-order valence-corrected chi connectivity index (χ1v) is 11.1. The molecule has 0 bridgehead atoms. The van der Waals surface area contributed by atoms with Gasteiger partial charge in [-0.15, -0.1) is 0 Å². The van der Waals surface area contributed by atoms with Crippen molar-refractivity contribution in [3.63, 3.8) is 0 Å². The molecule has 0 aliphatic heterocycles. The van der Waals surface area contributed by atoms with Gasteiger partial charge in [0.25, 0.3) is 0 Å². The molecular formula is C30H28O2. The van der Waals surface area contributed by atoms with Crippen LogP contribution in [0.1, 0.15) is 22.3 Å². The fourth-order valence-corrected chi connectivity index (χ4v) is 3.41. The fraction of sp³-hybridized carbons (Fsp3) is 0.133. The van der Waals surface area contributed by atoms with Crippen LogP contribution in [-0.4, -0.2) is 13.2 Å². The van der Waals surface area contributed by atoms with Crippen molar-refractivity contribution in [2.45, 2.75) is 12.8 Å². The van der Waals surface area contributed by atoms with Crippen LogP contribution in [0, 0.1) is 0 Å². The van der Waals surface area contributed by atoms with Crippen LogP contribution in [0.25, 0.3) is 12.2 Å². The summed E-state index contributed by atoms with van der Waals surface area (Å²) in [5, 5.41) is 0. The van der Waals surface area contributed by atoms with Crippen molar-refractivity contribution in [3.8, 4) is 11.5 Å². The molecule has 4 aromatic rings. The van der Waals surface area contributed by atoms with E-state index in [2.05, 4.69) is 84.9 Å². The lowest BCUT2D eigenvalue weighted by molar-refractivity contribution is 0.322. The molecule has 0 amide bonds. The van der Waals surface area contributed by atoms with E-state index >= 15 is 0 Å². The lowest BCUT2D eigenvalue weighted by atomic mass is 10.1. The highest BCUT2D eigenvalue weighted by Gasteiger charge is 1.98. The van der Waals surface area contributed by atoms with Crippen molar-refractivity contribution >= 4 is 12.2 Å². The van der Waals surface area contributed by atoms with Gasteiger partial charge in [0, 0.05) is 12.8 Å². The van der Waals surface area contributed by atoms with Crippen LogP contribution in [0.3, 0.4) is 0 Å². The molecule has 2 nitrogen and oxygen atoms in total. The summed E-state index contributed by atoms with van der Waals surface area (Å²) in [6.45, 7) is 1.36. The Morgan fingerprint density at radius 1 is 0.438 bits per heavy atom. The number of hydrogen-bond acceptors (Lipinski definition) is 2.